The molecule has 0 aromatic heterocycles. The van der Waals surface area contributed by atoms with Gasteiger partial charge in [-0.25, -0.2) is 4.79 Å². The summed E-state index contributed by atoms with van der Waals surface area (Å²) in [5.41, 5.74) is 1.53. The lowest BCUT2D eigenvalue weighted by atomic mass is 9.79. The number of hydrogen-bond donors (Lipinski definition) is 2. The van der Waals surface area contributed by atoms with Crippen LogP contribution in [0.1, 0.15) is 81.8 Å². The summed E-state index contributed by atoms with van der Waals surface area (Å²) in [5.74, 6) is 0.131. The normalized spacial score (nSPS) is 21.3. The van der Waals surface area contributed by atoms with Crippen molar-refractivity contribution in [3.8, 4) is 0 Å². The fraction of sp³-hybridized carbons (Fsp3) is 0.571. The molecule has 1 spiro atoms. The van der Waals surface area contributed by atoms with Gasteiger partial charge in [0.15, 0.2) is 0 Å². The van der Waals surface area contributed by atoms with E-state index in [2.05, 4.69) is 44.7 Å². The molecule has 3 fully saturated rings. The van der Waals surface area contributed by atoms with E-state index in [1.165, 1.54) is 18.4 Å². The summed E-state index contributed by atoms with van der Waals surface area (Å²) >= 11 is 0. The Morgan fingerprint density at radius 1 is 0.884 bits per heavy atom. The van der Waals surface area contributed by atoms with E-state index in [0.717, 1.165) is 63.7 Å². The fourth-order valence-electron chi connectivity index (χ4n) is 7.07. The van der Waals surface area contributed by atoms with Gasteiger partial charge in [0.1, 0.15) is 18.2 Å². The number of nitrogens with one attached hydrogen (secondary N) is 2. The molecule has 1 atom stereocenters. The average molecular weight is 589 g/mol. The van der Waals surface area contributed by atoms with Gasteiger partial charge in [-0.15, -0.1) is 0 Å². The molecule has 8 nitrogen and oxygen atoms in total. The Morgan fingerprint density at radius 2 is 1.53 bits per heavy atom. The number of likely N-dealkylation sites (tertiary alicyclic amines) is 1. The molecule has 2 N–H and O–H groups in total. The van der Waals surface area contributed by atoms with Crippen LogP contribution in [0, 0.1) is 0 Å². The number of amides is 3. The summed E-state index contributed by atoms with van der Waals surface area (Å²) in [6, 6.07) is 19.8. The molecule has 1 aliphatic carbocycles. The van der Waals surface area contributed by atoms with Crippen molar-refractivity contribution in [2.45, 2.75) is 101 Å². The maximum atomic E-state index is 14.1. The maximum Gasteiger partial charge on any atom is 0.407 e. The van der Waals surface area contributed by atoms with Gasteiger partial charge in [0.05, 0.1) is 0 Å². The van der Waals surface area contributed by atoms with Gasteiger partial charge in [0, 0.05) is 32.2 Å². The summed E-state index contributed by atoms with van der Waals surface area (Å²) in [6.45, 7) is 3.33. The number of rotatable bonds is 11. The summed E-state index contributed by atoms with van der Waals surface area (Å²) in [5, 5.41) is 5.96. The van der Waals surface area contributed by atoms with E-state index in [0.29, 0.717) is 32.2 Å². The van der Waals surface area contributed by atoms with Crippen molar-refractivity contribution in [1.29, 1.82) is 0 Å². The Kier molecular flexibility index (Phi) is 11.1. The minimum Gasteiger partial charge on any atom is -0.445 e. The molecule has 43 heavy (non-hydrogen) atoms. The van der Waals surface area contributed by atoms with Crippen LogP contribution in [0.4, 0.5) is 4.79 Å². The van der Waals surface area contributed by atoms with Crippen LogP contribution in [-0.2, 0) is 27.4 Å². The minimum atomic E-state index is -0.740. The van der Waals surface area contributed by atoms with Crippen molar-refractivity contribution in [2.24, 2.45) is 0 Å². The predicted octanol–water partition coefficient (Wildman–Crippen LogP) is 5.21. The molecule has 0 bridgehead atoms. The molecule has 232 valence electrons. The Morgan fingerprint density at radius 3 is 2.21 bits per heavy atom. The zero-order chi connectivity index (χ0) is 29.9. The van der Waals surface area contributed by atoms with E-state index < -0.39 is 17.7 Å². The van der Waals surface area contributed by atoms with Gasteiger partial charge in [-0.1, -0.05) is 86.3 Å². The van der Waals surface area contributed by atoms with Crippen LogP contribution >= 0.6 is 0 Å². The number of carbonyl (C=O) groups is 3. The molecule has 2 saturated heterocycles. The molecule has 2 aromatic carbocycles. The van der Waals surface area contributed by atoms with E-state index in [1.807, 2.05) is 36.4 Å². The number of nitrogens with zero attached hydrogens (tertiary/aromatic N) is 2. The monoisotopic (exact) mass is 588 g/mol. The number of piperazine rings is 1. The number of piperidine rings is 1. The lowest BCUT2D eigenvalue weighted by molar-refractivity contribution is -0.166. The number of hydrogen-bond acceptors (Lipinski definition) is 5. The number of benzene rings is 2. The van der Waals surface area contributed by atoms with Gasteiger partial charge in [-0.3, -0.25) is 9.59 Å². The third kappa shape index (κ3) is 8.17. The highest BCUT2D eigenvalue weighted by atomic mass is 16.5. The van der Waals surface area contributed by atoms with Crippen LogP contribution in [0.2, 0.25) is 0 Å². The molecule has 1 saturated carbocycles. The highest BCUT2D eigenvalue weighted by Crippen LogP contribution is 2.38. The standard InChI is InChI=1S/C35H48N4O4/c40-32-31(19-11-12-23-36-34(42)43-27-29-15-7-4-8-16-29)37-33(41)35(39(32)30-17-9-1-2-10-18-30)21-25-38(26-22-35)24-20-28-13-5-3-6-14-28/h3-8,13-16,30-31H,1-2,9-12,17-27H2,(H,36,42)(H,37,41)/t31-/m0/s1. The third-order valence-electron chi connectivity index (χ3n) is 9.56. The van der Waals surface area contributed by atoms with Crippen LogP contribution in [0.5, 0.6) is 0 Å². The van der Waals surface area contributed by atoms with Crippen LogP contribution in [0.3, 0.4) is 0 Å². The summed E-state index contributed by atoms with van der Waals surface area (Å²) in [6.07, 6.45) is 10.6. The van der Waals surface area contributed by atoms with Crippen LogP contribution in [0.25, 0.3) is 0 Å². The van der Waals surface area contributed by atoms with Crippen molar-refractivity contribution >= 4 is 17.9 Å². The molecule has 0 radical (unpaired) electrons. The first-order valence-corrected chi connectivity index (χ1v) is 16.4. The smallest absolute Gasteiger partial charge is 0.407 e. The van der Waals surface area contributed by atoms with Crippen LogP contribution < -0.4 is 10.6 Å². The lowest BCUT2D eigenvalue weighted by Gasteiger charge is -2.54. The maximum absolute atomic E-state index is 14.1. The second-order valence-corrected chi connectivity index (χ2v) is 12.5. The van der Waals surface area contributed by atoms with E-state index in [-0.39, 0.29) is 24.5 Å². The molecule has 3 aliphatic rings. The first kappa shape index (κ1) is 31.0. The Balaban J connectivity index is 1.14. The van der Waals surface area contributed by atoms with Gasteiger partial charge >= 0.3 is 6.09 Å². The highest BCUT2D eigenvalue weighted by Gasteiger charge is 2.55. The van der Waals surface area contributed by atoms with Crippen molar-refractivity contribution in [3.05, 3.63) is 71.8 Å². The topological polar surface area (TPSA) is 91.0 Å². The second-order valence-electron chi connectivity index (χ2n) is 12.5. The zero-order valence-corrected chi connectivity index (χ0v) is 25.5. The van der Waals surface area contributed by atoms with E-state index in [1.54, 1.807) is 0 Å². The first-order chi connectivity index (χ1) is 21.0. The largest absolute Gasteiger partial charge is 0.445 e. The van der Waals surface area contributed by atoms with E-state index in [9.17, 15) is 14.4 Å². The molecule has 2 heterocycles. The Labute approximate surface area is 256 Å². The van der Waals surface area contributed by atoms with Gasteiger partial charge < -0.3 is 25.2 Å². The SMILES string of the molecule is O=C(NCCCC[C@@H]1NC(=O)C2(CCN(CCc3ccccc3)CC2)N(C2CCCCCC2)C1=O)OCc1ccccc1. The number of alkyl carbamates (subject to hydrolysis) is 1. The van der Waals surface area contributed by atoms with Gasteiger partial charge in [0.25, 0.3) is 0 Å². The number of unbranched alkanes of at least 4 members (excludes halogenated alkanes) is 1. The zero-order valence-electron chi connectivity index (χ0n) is 25.5. The molecule has 3 amide bonds. The Hall–Kier alpha value is -3.39. The van der Waals surface area contributed by atoms with Crippen molar-refractivity contribution in [3.63, 3.8) is 0 Å². The minimum absolute atomic E-state index is 0.0340. The molecule has 0 unspecified atom stereocenters. The molecule has 8 heteroatoms. The molecule has 2 aliphatic heterocycles. The lowest BCUT2D eigenvalue weighted by Crippen LogP contribution is -2.74. The highest BCUT2D eigenvalue weighted by molar-refractivity contribution is 6.00. The second kappa shape index (κ2) is 15.4. The fourth-order valence-corrected chi connectivity index (χ4v) is 7.07. The van der Waals surface area contributed by atoms with E-state index >= 15 is 0 Å². The van der Waals surface area contributed by atoms with Gasteiger partial charge in [-0.2, -0.15) is 0 Å². The van der Waals surface area contributed by atoms with Crippen molar-refractivity contribution in [2.75, 3.05) is 26.2 Å². The molecular formula is C35H48N4O4. The first-order valence-electron chi connectivity index (χ1n) is 16.4. The molecule has 2 aromatic rings. The molecule has 5 rings (SSSR count). The van der Waals surface area contributed by atoms with Crippen LogP contribution in [-0.4, -0.2) is 71.5 Å². The third-order valence-corrected chi connectivity index (χ3v) is 9.56. The van der Waals surface area contributed by atoms with Gasteiger partial charge in [-0.05, 0) is 62.5 Å². The average Bonchev–Trinajstić information content (AvgIpc) is 3.32. The van der Waals surface area contributed by atoms with Gasteiger partial charge in [0.2, 0.25) is 11.8 Å². The number of ether oxygens (including phenoxy) is 1. The van der Waals surface area contributed by atoms with E-state index in [4.69, 9.17) is 4.74 Å². The predicted molar refractivity (Wildman–Crippen MR) is 167 cm³/mol. The Bertz CT molecular complexity index is 1170. The quantitative estimate of drug-likeness (QED) is 0.278. The molecular weight excluding hydrogens is 540 g/mol. The summed E-state index contributed by atoms with van der Waals surface area (Å²) < 4.78 is 5.28. The van der Waals surface area contributed by atoms with Crippen molar-refractivity contribution < 1.29 is 19.1 Å². The van der Waals surface area contributed by atoms with Crippen LogP contribution in [0.15, 0.2) is 60.7 Å². The number of carbonyl (C=O) groups excluding carboxylic acids is 3. The summed E-state index contributed by atoms with van der Waals surface area (Å²) in [4.78, 5) is 44.7. The summed E-state index contributed by atoms with van der Waals surface area (Å²) in [7, 11) is 0. The van der Waals surface area contributed by atoms with Crippen molar-refractivity contribution in [1.82, 2.24) is 20.4 Å².